The first-order valence-corrected chi connectivity index (χ1v) is 12.9. The van der Waals surface area contributed by atoms with E-state index in [1.165, 1.54) is 17.0 Å². The van der Waals surface area contributed by atoms with Crippen LogP contribution in [0.3, 0.4) is 0 Å². The molecule has 1 aromatic rings. The highest BCUT2D eigenvalue weighted by Gasteiger charge is 2.34. The lowest BCUT2D eigenvalue weighted by Crippen LogP contribution is -2.47. The molecular formula is C25H41N5OS. The van der Waals surface area contributed by atoms with Crippen molar-refractivity contribution in [2.45, 2.75) is 78.0 Å². The molecule has 3 rings (SSSR count). The van der Waals surface area contributed by atoms with Crippen LogP contribution in [0.2, 0.25) is 0 Å². The molecule has 3 N–H and O–H groups in total. The second-order valence-corrected chi connectivity index (χ2v) is 10.7. The second-order valence-electron chi connectivity index (χ2n) is 9.61. The van der Waals surface area contributed by atoms with E-state index >= 15 is 0 Å². The van der Waals surface area contributed by atoms with Gasteiger partial charge in [-0.05, 0) is 50.9 Å². The minimum atomic E-state index is -0.106. The van der Waals surface area contributed by atoms with Gasteiger partial charge in [-0.15, -0.1) is 0 Å². The Morgan fingerprint density at radius 3 is 2.59 bits per heavy atom. The molecule has 2 saturated heterocycles. The van der Waals surface area contributed by atoms with Crippen molar-refractivity contribution in [2.24, 2.45) is 17.1 Å². The van der Waals surface area contributed by atoms with Crippen LogP contribution in [-0.2, 0) is 6.61 Å². The summed E-state index contributed by atoms with van der Waals surface area (Å²) in [5.41, 5.74) is 8.33. The lowest BCUT2D eigenvalue weighted by molar-refractivity contribution is 0.139. The lowest BCUT2D eigenvalue weighted by Gasteiger charge is -2.42. The van der Waals surface area contributed by atoms with E-state index in [4.69, 9.17) is 15.7 Å². The maximum absolute atomic E-state index is 10.0. The highest BCUT2D eigenvalue weighted by atomic mass is 32.2. The van der Waals surface area contributed by atoms with Crippen LogP contribution in [0.15, 0.2) is 34.0 Å². The van der Waals surface area contributed by atoms with Gasteiger partial charge in [0.25, 0.3) is 0 Å². The molecule has 1 atom stereocenters. The van der Waals surface area contributed by atoms with Crippen LogP contribution in [0.1, 0.15) is 66.0 Å². The van der Waals surface area contributed by atoms with Gasteiger partial charge in [0.15, 0.2) is 5.82 Å². The number of allylic oxidation sites excluding steroid dienone is 3. The molecule has 6 nitrogen and oxygen atoms in total. The molecule has 178 valence electrons. The molecule has 0 spiro atoms. The zero-order valence-corrected chi connectivity index (χ0v) is 21.3. The van der Waals surface area contributed by atoms with E-state index in [0.29, 0.717) is 5.69 Å². The number of hydrogen-bond acceptors (Lipinski definition) is 7. The van der Waals surface area contributed by atoms with Gasteiger partial charge in [-0.25, -0.2) is 9.97 Å². The minimum absolute atomic E-state index is 0.106. The Kier molecular flexibility index (Phi) is 8.64. The minimum Gasteiger partial charge on any atom is -0.390 e. The van der Waals surface area contributed by atoms with Gasteiger partial charge in [-0.1, -0.05) is 44.7 Å². The molecule has 1 aromatic heterocycles. The smallest absolute Gasteiger partial charge is 0.152 e. The van der Waals surface area contributed by atoms with Crippen LogP contribution in [-0.4, -0.2) is 52.2 Å². The number of hydrogen-bond donors (Lipinski definition) is 2. The summed E-state index contributed by atoms with van der Waals surface area (Å²) in [6.07, 6.45) is 10.5. The van der Waals surface area contributed by atoms with Crippen LogP contribution in [0, 0.1) is 11.3 Å². The summed E-state index contributed by atoms with van der Waals surface area (Å²) < 4.78 is 0. The van der Waals surface area contributed by atoms with Crippen molar-refractivity contribution >= 4 is 17.6 Å². The van der Waals surface area contributed by atoms with E-state index in [1.807, 2.05) is 6.20 Å². The van der Waals surface area contributed by atoms with Crippen molar-refractivity contribution in [1.82, 2.24) is 14.9 Å². The summed E-state index contributed by atoms with van der Waals surface area (Å²) in [6.45, 7) is 14.9. The largest absolute Gasteiger partial charge is 0.390 e. The third-order valence-corrected chi connectivity index (χ3v) is 8.40. The van der Waals surface area contributed by atoms with Gasteiger partial charge in [0.1, 0.15) is 10.7 Å². The maximum atomic E-state index is 10.0. The number of nitrogens with zero attached hydrogens (tertiary/aromatic N) is 4. The Morgan fingerprint density at radius 2 is 2.03 bits per heavy atom. The molecule has 2 fully saturated rings. The van der Waals surface area contributed by atoms with E-state index in [-0.39, 0.29) is 18.1 Å². The monoisotopic (exact) mass is 459 g/mol. The van der Waals surface area contributed by atoms with Crippen molar-refractivity contribution < 1.29 is 5.11 Å². The molecule has 2 aliphatic heterocycles. The lowest BCUT2D eigenvalue weighted by atomic mass is 9.75. The third-order valence-electron chi connectivity index (χ3n) is 7.34. The number of rotatable bonds is 9. The molecule has 0 radical (unpaired) electrons. The van der Waals surface area contributed by atoms with E-state index in [2.05, 4.69) is 56.6 Å². The van der Waals surface area contributed by atoms with Crippen molar-refractivity contribution in [3.05, 3.63) is 34.6 Å². The Morgan fingerprint density at radius 1 is 1.34 bits per heavy atom. The summed E-state index contributed by atoms with van der Waals surface area (Å²) in [5, 5.41) is 10.9. The molecular weight excluding hydrogens is 418 g/mol. The number of likely N-dealkylation sites (tertiary alicyclic amines) is 1. The number of thioether (sulfide) groups is 1. The fraction of sp³-hybridized carbons (Fsp3) is 0.680. The van der Waals surface area contributed by atoms with E-state index in [1.54, 1.807) is 11.8 Å². The Bertz CT molecular complexity index is 824. The number of nitrogens with two attached hydrogens (primary N) is 1. The highest BCUT2D eigenvalue weighted by molar-refractivity contribution is 8.03. The van der Waals surface area contributed by atoms with Gasteiger partial charge >= 0.3 is 0 Å². The molecule has 32 heavy (non-hydrogen) atoms. The van der Waals surface area contributed by atoms with Crippen molar-refractivity contribution in [3.63, 3.8) is 0 Å². The quantitative estimate of drug-likeness (QED) is 0.414. The third kappa shape index (κ3) is 5.67. The van der Waals surface area contributed by atoms with Gasteiger partial charge < -0.3 is 20.6 Å². The van der Waals surface area contributed by atoms with Gasteiger partial charge in [0.2, 0.25) is 0 Å². The standard InChI is InChI=1S/C25H41N5OS/c1-6-8-9-22(18(3)30-15-20(7-2)16-30)32-23-14-27-24(21(17-31)28-23)29-12-10-25(5,11-13-29)19(4)26/h8-9,14,19-20,31H,6-7,10-13,15-17,26H2,1-5H3/b9-8-,22-18-. The zero-order chi connectivity index (χ0) is 23.3. The average molecular weight is 460 g/mol. The normalized spacial score (nSPS) is 21.0. The molecule has 1 unspecified atom stereocenters. The Hall–Kier alpha value is -1.57. The Balaban J connectivity index is 1.76. The molecule has 0 bridgehead atoms. The molecule has 7 heteroatoms. The Labute approximate surface area is 198 Å². The van der Waals surface area contributed by atoms with Gasteiger partial charge in [0, 0.05) is 42.8 Å². The number of anilines is 1. The first-order valence-electron chi connectivity index (χ1n) is 12.1. The van der Waals surface area contributed by atoms with E-state index in [9.17, 15) is 5.11 Å². The second kappa shape index (κ2) is 11.0. The summed E-state index contributed by atoms with van der Waals surface area (Å²) >= 11 is 1.64. The average Bonchev–Trinajstić information content (AvgIpc) is 2.76. The van der Waals surface area contributed by atoms with Crippen LogP contribution < -0.4 is 10.6 Å². The summed E-state index contributed by atoms with van der Waals surface area (Å²) in [5.74, 6) is 1.61. The van der Waals surface area contributed by atoms with Crippen LogP contribution >= 0.6 is 11.8 Å². The van der Waals surface area contributed by atoms with Crippen LogP contribution in [0.5, 0.6) is 0 Å². The summed E-state index contributed by atoms with van der Waals surface area (Å²) in [4.78, 5) is 15.5. The zero-order valence-electron chi connectivity index (χ0n) is 20.5. The van der Waals surface area contributed by atoms with Gasteiger partial charge in [-0.3, -0.25) is 0 Å². The topological polar surface area (TPSA) is 78.5 Å². The fourth-order valence-electron chi connectivity index (χ4n) is 4.33. The molecule has 0 saturated carbocycles. The molecule has 0 amide bonds. The van der Waals surface area contributed by atoms with Crippen molar-refractivity contribution in [3.8, 4) is 0 Å². The number of aliphatic hydroxyl groups excluding tert-OH is 1. The highest BCUT2D eigenvalue weighted by Crippen LogP contribution is 2.37. The van der Waals surface area contributed by atoms with Crippen molar-refractivity contribution in [1.29, 1.82) is 0 Å². The summed E-state index contributed by atoms with van der Waals surface area (Å²) in [7, 11) is 0. The van der Waals surface area contributed by atoms with Gasteiger partial charge in [-0.2, -0.15) is 0 Å². The predicted octanol–water partition coefficient (Wildman–Crippen LogP) is 4.55. The number of aliphatic hydroxyl groups is 1. The first-order chi connectivity index (χ1) is 15.3. The summed E-state index contributed by atoms with van der Waals surface area (Å²) in [6, 6.07) is 0.176. The van der Waals surface area contributed by atoms with Crippen LogP contribution in [0.4, 0.5) is 5.82 Å². The van der Waals surface area contributed by atoms with Gasteiger partial charge in [0.05, 0.1) is 12.8 Å². The molecule has 2 aliphatic rings. The SMILES string of the molecule is CC/C=C\C(Sc1cnc(N2CCC(C)(C(C)N)CC2)c(CO)n1)=C(/C)N1CC(CC)C1. The predicted molar refractivity (Wildman–Crippen MR) is 135 cm³/mol. The number of aromatic nitrogens is 2. The van der Waals surface area contributed by atoms with E-state index < -0.39 is 0 Å². The van der Waals surface area contributed by atoms with E-state index in [0.717, 1.165) is 62.2 Å². The molecule has 3 heterocycles. The maximum Gasteiger partial charge on any atom is 0.152 e. The van der Waals surface area contributed by atoms with Crippen LogP contribution in [0.25, 0.3) is 0 Å². The van der Waals surface area contributed by atoms with Crippen molar-refractivity contribution in [2.75, 3.05) is 31.1 Å². The first kappa shape index (κ1) is 25.1. The molecule has 0 aliphatic carbocycles. The molecule has 0 aromatic carbocycles. The fourth-order valence-corrected chi connectivity index (χ4v) is 5.26. The number of piperidine rings is 1.